The Labute approximate surface area is 156 Å². The first kappa shape index (κ1) is 16.8. The molecule has 1 atom stereocenters. The minimum atomic E-state index is 0.0366. The third kappa shape index (κ3) is 3.35. The van der Waals surface area contributed by atoms with Crippen LogP contribution < -0.4 is 4.74 Å². The van der Waals surface area contributed by atoms with Gasteiger partial charge in [0.25, 0.3) is 0 Å². The van der Waals surface area contributed by atoms with Crippen molar-refractivity contribution < 1.29 is 9.53 Å². The van der Waals surface area contributed by atoms with Gasteiger partial charge in [0.2, 0.25) is 5.91 Å². The van der Waals surface area contributed by atoms with E-state index in [2.05, 4.69) is 6.07 Å². The summed E-state index contributed by atoms with van der Waals surface area (Å²) in [6.07, 6.45) is 5.48. The van der Waals surface area contributed by atoms with Crippen LogP contribution in [0.25, 0.3) is 16.3 Å². The lowest BCUT2D eigenvalue weighted by atomic mass is 10.2. The molecule has 26 heavy (non-hydrogen) atoms. The minimum absolute atomic E-state index is 0.0366. The monoisotopic (exact) mass is 364 g/mol. The Morgan fingerprint density at radius 1 is 1.27 bits per heavy atom. The molecule has 4 nitrogen and oxygen atoms in total. The summed E-state index contributed by atoms with van der Waals surface area (Å²) < 4.78 is 6.40. The van der Waals surface area contributed by atoms with Crippen LogP contribution in [0, 0.1) is 0 Å². The van der Waals surface area contributed by atoms with E-state index in [9.17, 15) is 4.79 Å². The highest BCUT2D eigenvalue weighted by atomic mass is 32.1. The van der Waals surface area contributed by atoms with Crippen molar-refractivity contribution in [1.29, 1.82) is 0 Å². The predicted molar refractivity (Wildman–Crippen MR) is 105 cm³/mol. The van der Waals surface area contributed by atoms with Gasteiger partial charge in [0.05, 0.1) is 23.4 Å². The highest BCUT2D eigenvalue weighted by Gasteiger charge is 2.31. The summed E-state index contributed by atoms with van der Waals surface area (Å²) >= 11 is 1.69. The Hall–Kier alpha value is -2.66. The second-order valence-electron chi connectivity index (χ2n) is 6.32. The summed E-state index contributed by atoms with van der Waals surface area (Å²) in [7, 11) is 1.64. The molecule has 4 rings (SSSR count). The van der Waals surface area contributed by atoms with Gasteiger partial charge in [-0.05, 0) is 48.7 Å². The molecule has 5 heteroatoms. The van der Waals surface area contributed by atoms with Crippen molar-refractivity contribution in [2.45, 2.75) is 18.9 Å². The molecular formula is C21H20N2O2S. The van der Waals surface area contributed by atoms with E-state index in [4.69, 9.17) is 9.72 Å². The van der Waals surface area contributed by atoms with E-state index in [0.29, 0.717) is 0 Å². The van der Waals surface area contributed by atoms with Crippen molar-refractivity contribution in [3.8, 4) is 5.75 Å². The molecular weight excluding hydrogens is 344 g/mol. The Morgan fingerprint density at radius 3 is 3.00 bits per heavy atom. The van der Waals surface area contributed by atoms with Gasteiger partial charge >= 0.3 is 0 Å². The number of hydrogen-bond donors (Lipinski definition) is 0. The number of methoxy groups -OCH3 is 1. The van der Waals surface area contributed by atoms with Crippen molar-refractivity contribution in [1.82, 2.24) is 9.88 Å². The molecule has 1 aromatic heterocycles. The summed E-state index contributed by atoms with van der Waals surface area (Å²) in [5, 5.41) is 1.03. The van der Waals surface area contributed by atoms with Crippen LogP contribution in [0.5, 0.6) is 5.75 Å². The lowest BCUT2D eigenvalue weighted by molar-refractivity contribution is -0.126. The third-order valence-corrected chi connectivity index (χ3v) is 5.78. The number of thiazole rings is 1. The fourth-order valence-electron chi connectivity index (χ4n) is 3.33. The van der Waals surface area contributed by atoms with Crippen LogP contribution in [0.2, 0.25) is 0 Å². The number of para-hydroxylation sites is 1. The van der Waals surface area contributed by atoms with Gasteiger partial charge in [0.1, 0.15) is 10.8 Å². The maximum atomic E-state index is 12.8. The molecule has 0 bridgehead atoms. The van der Waals surface area contributed by atoms with E-state index in [1.165, 1.54) is 4.70 Å². The van der Waals surface area contributed by atoms with E-state index in [1.807, 2.05) is 53.4 Å². The Balaban J connectivity index is 1.53. The zero-order valence-corrected chi connectivity index (χ0v) is 15.4. The van der Waals surface area contributed by atoms with Crippen LogP contribution in [0.1, 0.15) is 29.5 Å². The number of likely N-dealkylation sites (tertiary alicyclic amines) is 1. The SMILES string of the molecule is COc1cccc(/C=C/C(=O)N2CCCC2c2nc3ccccc3s2)c1. The lowest BCUT2D eigenvalue weighted by Crippen LogP contribution is -2.28. The molecule has 1 fully saturated rings. The van der Waals surface area contributed by atoms with Gasteiger partial charge in [-0.25, -0.2) is 4.98 Å². The van der Waals surface area contributed by atoms with Gasteiger partial charge < -0.3 is 9.64 Å². The van der Waals surface area contributed by atoms with Gasteiger partial charge in [-0.15, -0.1) is 11.3 Å². The zero-order chi connectivity index (χ0) is 17.9. The van der Waals surface area contributed by atoms with Gasteiger partial charge in [-0.2, -0.15) is 0 Å². The number of fused-ring (bicyclic) bond motifs is 1. The molecule has 0 aliphatic carbocycles. The number of carbonyl (C=O) groups is 1. The highest BCUT2D eigenvalue weighted by molar-refractivity contribution is 7.18. The maximum Gasteiger partial charge on any atom is 0.247 e. The molecule has 0 N–H and O–H groups in total. The summed E-state index contributed by atoms with van der Waals surface area (Å²) in [5.41, 5.74) is 1.96. The van der Waals surface area contributed by atoms with Crippen LogP contribution in [0.15, 0.2) is 54.6 Å². The Morgan fingerprint density at radius 2 is 2.15 bits per heavy atom. The van der Waals surface area contributed by atoms with E-state index >= 15 is 0 Å². The molecule has 0 radical (unpaired) electrons. The maximum absolute atomic E-state index is 12.8. The van der Waals surface area contributed by atoms with Crippen LogP contribution in [0.3, 0.4) is 0 Å². The highest BCUT2D eigenvalue weighted by Crippen LogP contribution is 2.36. The molecule has 1 aliphatic heterocycles. The number of benzene rings is 2. The average molecular weight is 364 g/mol. The summed E-state index contributed by atoms with van der Waals surface area (Å²) in [6.45, 7) is 0.780. The standard InChI is InChI=1S/C21H20N2O2S/c1-25-16-7-4-6-15(14-16)11-12-20(24)23-13-5-9-18(23)21-22-17-8-2-3-10-19(17)26-21/h2-4,6-8,10-12,14,18H,5,9,13H2,1H3/b12-11+. The van der Waals surface area contributed by atoms with Crippen molar-refractivity contribution >= 4 is 33.5 Å². The van der Waals surface area contributed by atoms with Crippen LogP contribution >= 0.6 is 11.3 Å². The lowest BCUT2D eigenvalue weighted by Gasteiger charge is -2.21. The third-order valence-electron chi connectivity index (χ3n) is 4.64. The number of ether oxygens (including phenoxy) is 1. The van der Waals surface area contributed by atoms with Crippen molar-refractivity contribution in [3.63, 3.8) is 0 Å². The largest absolute Gasteiger partial charge is 0.497 e. The molecule has 3 aromatic rings. The minimum Gasteiger partial charge on any atom is -0.497 e. The number of carbonyl (C=O) groups excluding carboxylic acids is 1. The normalized spacial score (nSPS) is 17.3. The van der Waals surface area contributed by atoms with Crippen LogP contribution in [-0.2, 0) is 4.79 Å². The van der Waals surface area contributed by atoms with Crippen molar-refractivity contribution in [2.24, 2.45) is 0 Å². The van der Waals surface area contributed by atoms with Gasteiger partial charge in [0.15, 0.2) is 0 Å². The summed E-state index contributed by atoms with van der Waals surface area (Å²) in [6, 6.07) is 15.9. The first-order valence-corrected chi connectivity index (χ1v) is 9.54. The Kier molecular flexibility index (Phi) is 4.71. The van der Waals surface area contributed by atoms with Gasteiger partial charge in [0, 0.05) is 12.6 Å². The number of amides is 1. The molecule has 132 valence electrons. The topological polar surface area (TPSA) is 42.4 Å². The molecule has 1 unspecified atom stereocenters. The fraction of sp³-hybridized carbons (Fsp3) is 0.238. The molecule has 1 aliphatic rings. The second kappa shape index (κ2) is 7.30. The van der Waals surface area contributed by atoms with E-state index < -0.39 is 0 Å². The molecule has 1 saturated heterocycles. The van der Waals surface area contributed by atoms with Gasteiger partial charge in [-0.3, -0.25) is 4.79 Å². The predicted octanol–water partition coefficient (Wildman–Crippen LogP) is 4.68. The van der Waals surface area contributed by atoms with E-state index in [1.54, 1.807) is 24.5 Å². The zero-order valence-electron chi connectivity index (χ0n) is 14.6. The average Bonchev–Trinajstić information content (AvgIpc) is 3.32. The summed E-state index contributed by atoms with van der Waals surface area (Å²) in [4.78, 5) is 19.4. The van der Waals surface area contributed by atoms with Gasteiger partial charge in [-0.1, -0.05) is 24.3 Å². The number of hydrogen-bond acceptors (Lipinski definition) is 4. The number of rotatable bonds is 4. The smallest absolute Gasteiger partial charge is 0.247 e. The van der Waals surface area contributed by atoms with E-state index in [0.717, 1.165) is 41.2 Å². The second-order valence-corrected chi connectivity index (χ2v) is 7.38. The molecule has 0 spiro atoms. The van der Waals surface area contributed by atoms with Crippen molar-refractivity contribution in [2.75, 3.05) is 13.7 Å². The van der Waals surface area contributed by atoms with Crippen LogP contribution in [0.4, 0.5) is 0 Å². The molecule has 2 heterocycles. The molecule has 1 amide bonds. The quantitative estimate of drug-likeness (QED) is 0.631. The first-order chi connectivity index (χ1) is 12.7. The van der Waals surface area contributed by atoms with Crippen molar-refractivity contribution in [3.05, 3.63) is 65.2 Å². The number of aromatic nitrogens is 1. The number of nitrogens with zero attached hydrogens (tertiary/aromatic N) is 2. The summed E-state index contributed by atoms with van der Waals surface area (Å²) in [5.74, 6) is 0.822. The molecule has 2 aromatic carbocycles. The fourth-order valence-corrected chi connectivity index (χ4v) is 4.44. The molecule has 0 saturated carbocycles. The Bertz CT molecular complexity index is 930. The van der Waals surface area contributed by atoms with Crippen LogP contribution in [-0.4, -0.2) is 29.4 Å². The van der Waals surface area contributed by atoms with E-state index in [-0.39, 0.29) is 11.9 Å². The first-order valence-electron chi connectivity index (χ1n) is 8.73.